The van der Waals surface area contributed by atoms with E-state index in [1.165, 1.54) is 0 Å². The van der Waals surface area contributed by atoms with Crippen LogP contribution in [-0.4, -0.2) is 5.62 Å². The number of hydrogen-bond acceptors (Lipinski definition) is 3. The first-order valence-corrected chi connectivity index (χ1v) is 4.22. The lowest BCUT2D eigenvalue weighted by molar-refractivity contribution is 0.559. The number of nitrogens with two attached hydrogens (primary N) is 2. The van der Waals surface area contributed by atoms with Gasteiger partial charge in [-0.2, -0.15) is 10.4 Å². The molecule has 0 aromatic heterocycles. The second kappa shape index (κ2) is 3.40. The Morgan fingerprint density at radius 3 is 1.88 bits per heavy atom. The van der Waals surface area contributed by atoms with Crippen LogP contribution in [0.3, 0.4) is 0 Å². The smallest absolute Gasteiger partial charge is 0.251 e. The molecule has 7 heteroatoms. The standard InChI is InChI=1S/CH8ClN4OP/c2-1-8(7,5-3)6-4/h1,3-4H2,(H2,5,6,7). The highest BCUT2D eigenvalue weighted by Crippen LogP contribution is 2.32. The summed E-state index contributed by atoms with van der Waals surface area (Å²) in [4.78, 5) is 0. The van der Waals surface area contributed by atoms with Gasteiger partial charge in [0.05, 0.1) is 0 Å². The fourth-order valence-electron chi connectivity index (χ4n) is 0.106. The lowest BCUT2D eigenvalue weighted by Crippen LogP contribution is -2.32. The highest BCUT2D eigenvalue weighted by Gasteiger charge is 2.14. The summed E-state index contributed by atoms with van der Waals surface area (Å²) in [6.45, 7) is 0. The monoisotopic (exact) mass is 158 g/mol. The van der Waals surface area contributed by atoms with Gasteiger partial charge in [-0.1, -0.05) is 0 Å². The van der Waals surface area contributed by atoms with E-state index >= 15 is 0 Å². The van der Waals surface area contributed by atoms with Crippen molar-refractivity contribution >= 4 is 19.0 Å². The molecule has 0 aliphatic carbocycles. The third-order valence-electron chi connectivity index (χ3n) is 0.585. The third kappa shape index (κ3) is 2.09. The van der Waals surface area contributed by atoms with E-state index in [0.717, 1.165) is 0 Å². The first kappa shape index (κ1) is 8.36. The predicted molar refractivity (Wildman–Crippen MR) is 33.0 cm³/mol. The van der Waals surface area contributed by atoms with E-state index in [1.54, 1.807) is 0 Å². The van der Waals surface area contributed by atoms with Crippen molar-refractivity contribution < 1.29 is 4.57 Å². The van der Waals surface area contributed by atoms with Gasteiger partial charge in [-0.25, -0.2) is 0 Å². The maximum absolute atomic E-state index is 10.7. The van der Waals surface area contributed by atoms with Crippen molar-refractivity contribution in [1.82, 2.24) is 10.4 Å². The molecule has 0 heterocycles. The lowest BCUT2D eigenvalue weighted by Gasteiger charge is -2.09. The number of hydrogen-bond donors (Lipinski definition) is 4. The van der Waals surface area contributed by atoms with E-state index in [-0.39, 0.29) is 5.62 Å². The average Bonchev–Trinajstić information content (AvgIpc) is 1.87. The molecule has 0 atom stereocenters. The summed E-state index contributed by atoms with van der Waals surface area (Å²) < 4.78 is 10.7. The molecule has 50 valence electrons. The van der Waals surface area contributed by atoms with Crippen LogP contribution in [0.4, 0.5) is 0 Å². The van der Waals surface area contributed by atoms with Crippen molar-refractivity contribution in [2.75, 3.05) is 5.62 Å². The third-order valence-corrected chi connectivity index (χ3v) is 2.77. The number of nitrogens with one attached hydrogen (secondary N) is 2. The molecule has 0 aromatic rings. The van der Waals surface area contributed by atoms with Crippen LogP contribution in [0.15, 0.2) is 0 Å². The topological polar surface area (TPSA) is 93.2 Å². The van der Waals surface area contributed by atoms with Gasteiger partial charge in [0.15, 0.2) is 0 Å². The van der Waals surface area contributed by atoms with E-state index in [0.29, 0.717) is 0 Å². The molecule has 6 N–H and O–H groups in total. The van der Waals surface area contributed by atoms with E-state index < -0.39 is 7.44 Å². The molecule has 0 amide bonds. The molecule has 0 unspecified atom stereocenters. The second-order valence-electron chi connectivity index (χ2n) is 1.12. The number of alkyl halides is 1. The highest BCUT2D eigenvalue weighted by atomic mass is 35.5. The van der Waals surface area contributed by atoms with Crippen molar-refractivity contribution in [2.45, 2.75) is 0 Å². The molecule has 0 saturated heterocycles. The van der Waals surface area contributed by atoms with E-state index in [4.69, 9.17) is 23.3 Å². The number of rotatable bonds is 3. The molecular formula is CH8ClN4OP. The summed E-state index contributed by atoms with van der Waals surface area (Å²) in [6.07, 6.45) is 0. The summed E-state index contributed by atoms with van der Waals surface area (Å²) in [5.74, 6) is 9.58. The van der Waals surface area contributed by atoms with Crippen molar-refractivity contribution in [3.63, 3.8) is 0 Å². The minimum Gasteiger partial charge on any atom is -0.285 e. The molecule has 0 aromatic carbocycles. The first-order chi connectivity index (χ1) is 3.68. The van der Waals surface area contributed by atoms with Gasteiger partial charge in [-0.05, 0) is 0 Å². The fourth-order valence-corrected chi connectivity index (χ4v) is 0.733. The molecule has 0 saturated carbocycles. The largest absolute Gasteiger partial charge is 0.285 e. The molecule has 0 rings (SSSR count). The van der Waals surface area contributed by atoms with Gasteiger partial charge in [0, 0.05) is 0 Å². The highest BCUT2D eigenvalue weighted by molar-refractivity contribution is 7.61. The quantitative estimate of drug-likeness (QED) is 0.189. The van der Waals surface area contributed by atoms with Crippen molar-refractivity contribution in [2.24, 2.45) is 11.7 Å². The molecule has 0 radical (unpaired) electrons. The molecule has 5 nitrogen and oxygen atoms in total. The SMILES string of the molecule is NNP(=O)(CCl)NN. The van der Waals surface area contributed by atoms with Crippen LogP contribution in [0.25, 0.3) is 0 Å². The zero-order valence-corrected chi connectivity index (χ0v) is 5.75. The van der Waals surface area contributed by atoms with E-state index in [9.17, 15) is 4.57 Å². The minimum absolute atomic E-state index is 0.125. The van der Waals surface area contributed by atoms with Crippen LogP contribution >= 0.6 is 19.0 Å². The molecular weight excluding hydrogens is 150 g/mol. The molecule has 0 bridgehead atoms. The van der Waals surface area contributed by atoms with Gasteiger partial charge in [-0.3, -0.25) is 16.3 Å². The Hall–Kier alpha value is 0.360. The molecule has 8 heavy (non-hydrogen) atoms. The van der Waals surface area contributed by atoms with Crippen LogP contribution in [-0.2, 0) is 4.57 Å². The Labute approximate surface area is 52.2 Å². The van der Waals surface area contributed by atoms with Crippen molar-refractivity contribution in [3.05, 3.63) is 0 Å². The molecule has 0 aliphatic rings. The summed E-state index contributed by atoms with van der Waals surface area (Å²) in [6, 6.07) is 0. The normalized spacial score (nSPS) is 11.9. The summed E-state index contributed by atoms with van der Waals surface area (Å²) in [5.41, 5.74) is -0.125. The van der Waals surface area contributed by atoms with E-state index in [2.05, 4.69) is 0 Å². The first-order valence-electron chi connectivity index (χ1n) is 1.79. The van der Waals surface area contributed by atoms with Gasteiger partial charge in [0.2, 0.25) is 0 Å². The van der Waals surface area contributed by atoms with Crippen molar-refractivity contribution in [1.29, 1.82) is 0 Å². The minimum atomic E-state index is -2.84. The Morgan fingerprint density at radius 2 is 1.88 bits per heavy atom. The second-order valence-corrected chi connectivity index (χ2v) is 4.07. The molecule has 0 aliphatic heterocycles. The summed E-state index contributed by atoms with van der Waals surface area (Å²) in [5, 5.41) is 3.93. The summed E-state index contributed by atoms with van der Waals surface area (Å²) >= 11 is 5.16. The Bertz CT molecular complexity index is 87.2. The van der Waals surface area contributed by atoms with Gasteiger partial charge >= 0.3 is 0 Å². The van der Waals surface area contributed by atoms with Crippen LogP contribution in [0.5, 0.6) is 0 Å². The zero-order valence-electron chi connectivity index (χ0n) is 4.10. The Morgan fingerprint density at radius 1 is 1.50 bits per heavy atom. The fraction of sp³-hybridized carbons (Fsp3) is 1.00. The maximum atomic E-state index is 10.7. The van der Waals surface area contributed by atoms with E-state index in [1.807, 2.05) is 10.4 Å². The van der Waals surface area contributed by atoms with Gasteiger partial charge in [0.1, 0.15) is 5.62 Å². The molecule has 0 spiro atoms. The van der Waals surface area contributed by atoms with Gasteiger partial charge < -0.3 is 0 Å². The van der Waals surface area contributed by atoms with Crippen LogP contribution < -0.4 is 22.1 Å². The van der Waals surface area contributed by atoms with Crippen LogP contribution in [0.2, 0.25) is 0 Å². The lowest BCUT2D eigenvalue weighted by atomic mass is 11.9. The van der Waals surface area contributed by atoms with Gasteiger partial charge in [0.25, 0.3) is 7.44 Å². The predicted octanol–water partition coefficient (Wildman–Crippen LogP) is -0.698. The number of halogens is 1. The Balaban J connectivity index is 3.79. The zero-order chi connectivity index (χ0) is 6.62. The maximum Gasteiger partial charge on any atom is 0.251 e. The molecule has 0 fully saturated rings. The average molecular weight is 159 g/mol. The van der Waals surface area contributed by atoms with Crippen LogP contribution in [0, 0.1) is 0 Å². The number of hydrazine groups is 2. The van der Waals surface area contributed by atoms with Gasteiger partial charge in [-0.15, -0.1) is 11.6 Å². The van der Waals surface area contributed by atoms with Crippen LogP contribution in [0.1, 0.15) is 0 Å². The Kier molecular flexibility index (Phi) is 3.55. The van der Waals surface area contributed by atoms with Crippen molar-refractivity contribution in [3.8, 4) is 0 Å². The summed E-state index contributed by atoms with van der Waals surface area (Å²) in [7, 11) is -2.84.